The van der Waals surface area contributed by atoms with Crippen molar-refractivity contribution >= 4 is 28.6 Å². The maximum absolute atomic E-state index is 13.8. The Hall–Kier alpha value is -4.26. The molecule has 7 heteroatoms. The first-order chi connectivity index (χ1) is 16.5. The number of ether oxygens (including phenoxy) is 2. The summed E-state index contributed by atoms with van der Waals surface area (Å²) < 4.78 is 13.3. The van der Waals surface area contributed by atoms with E-state index in [-0.39, 0.29) is 5.91 Å². The SMILES string of the molecule is COc1ccc(OC)c([C@H]2C(C(=O)Nc3ccc(C)cc3)=C(C)Nc3nc4ccccc4n32)c1. The number of benzene rings is 3. The number of imidazole rings is 1. The van der Waals surface area contributed by atoms with Crippen molar-refractivity contribution in [3.8, 4) is 11.5 Å². The zero-order valence-corrected chi connectivity index (χ0v) is 19.5. The average molecular weight is 455 g/mol. The van der Waals surface area contributed by atoms with Crippen LogP contribution in [0.25, 0.3) is 11.0 Å². The van der Waals surface area contributed by atoms with Crippen molar-refractivity contribution < 1.29 is 14.3 Å². The molecule has 34 heavy (non-hydrogen) atoms. The fraction of sp³-hybridized carbons (Fsp3) is 0.185. The summed E-state index contributed by atoms with van der Waals surface area (Å²) >= 11 is 0. The van der Waals surface area contributed by atoms with Crippen LogP contribution in [0.5, 0.6) is 11.5 Å². The van der Waals surface area contributed by atoms with Crippen LogP contribution in [-0.4, -0.2) is 29.7 Å². The van der Waals surface area contributed by atoms with E-state index in [1.165, 1.54) is 0 Å². The van der Waals surface area contributed by atoms with E-state index in [9.17, 15) is 4.79 Å². The molecule has 2 heterocycles. The standard InChI is InChI=1S/C27H26N4O3/c1-16-9-11-18(12-10-16)29-26(32)24-17(2)28-27-30-21-7-5-6-8-22(21)31(27)25(24)20-15-19(33-3)13-14-23(20)34-4/h5-15,25H,1-4H3,(H,28,30)(H,29,32)/t25-/m0/s1. The first-order valence-corrected chi connectivity index (χ1v) is 11.0. The number of allylic oxidation sites excluding steroid dienone is 1. The number of carbonyl (C=O) groups excluding carboxylic acids is 1. The lowest BCUT2D eigenvalue weighted by molar-refractivity contribution is -0.113. The summed E-state index contributed by atoms with van der Waals surface area (Å²) in [7, 11) is 3.25. The van der Waals surface area contributed by atoms with Gasteiger partial charge in [-0.15, -0.1) is 0 Å². The third-order valence-electron chi connectivity index (χ3n) is 6.12. The van der Waals surface area contributed by atoms with Gasteiger partial charge in [-0.3, -0.25) is 9.36 Å². The Morgan fingerprint density at radius 1 is 1.00 bits per heavy atom. The van der Waals surface area contributed by atoms with Crippen LogP contribution in [0.4, 0.5) is 11.6 Å². The van der Waals surface area contributed by atoms with Crippen molar-refractivity contribution in [2.75, 3.05) is 24.9 Å². The molecular formula is C27H26N4O3. The van der Waals surface area contributed by atoms with Crippen molar-refractivity contribution in [1.29, 1.82) is 0 Å². The van der Waals surface area contributed by atoms with E-state index in [2.05, 4.69) is 10.6 Å². The first-order valence-electron chi connectivity index (χ1n) is 11.0. The minimum atomic E-state index is -0.487. The second-order valence-corrected chi connectivity index (χ2v) is 8.29. The summed E-state index contributed by atoms with van der Waals surface area (Å²) in [5, 5.41) is 6.40. The molecule has 0 spiro atoms. The van der Waals surface area contributed by atoms with Crippen molar-refractivity contribution in [2.45, 2.75) is 19.9 Å². The van der Waals surface area contributed by atoms with Crippen LogP contribution in [0, 0.1) is 6.92 Å². The third kappa shape index (κ3) is 3.65. The average Bonchev–Trinajstić information content (AvgIpc) is 3.22. The minimum absolute atomic E-state index is 0.202. The van der Waals surface area contributed by atoms with E-state index in [1.807, 2.05) is 85.1 Å². The summed E-state index contributed by atoms with van der Waals surface area (Å²) in [5.74, 6) is 1.80. The minimum Gasteiger partial charge on any atom is -0.497 e. The van der Waals surface area contributed by atoms with Crippen molar-refractivity contribution in [2.24, 2.45) is 0 Å². The number of anilines is 2. The molecule has 1 aromatic heterocycles. The van der Waals surface area contributed by atoms with Gasteiger partial charge in [-0.1, -0.05) is 29.8 Å². The van der Waals surface area contributed by atoms with Gasteiger partial charge < -0.3 is 20.1 Å². The number of hydrogen-bond acceptors (Lipinski definition) is 5. The zero-order chi connectivity index (χ0) is 23.8. The fourth-order valence-corrected chi connectivity index (χ4v) is 4.44. The van der Waals surface area contributed by atoms with E-state index in [1.54, 1.807) is 14.2 Å². The van der Waals surface area contributed by atoms with Crippen LogP contribution in [0.2, 0.25) is 0 Å². The van der Waals surface area contributed by atoms with Gasteiger partial charge in [0.05, 0.1) is 36.9 Å². The lowest BCUT2D eigenvalue weighted by atomic mass is 9.93. The number of aryl methyl sites for hydroxylation is 1. The molecule has 2 N–H and O–H groups in total. The van der Waals surface area contributed by atoms with Gasteiger partial charge in [0.2, 0.25) is 5.95 Å². The van der Waals surface area contributed by atoms with Crippen LogP contribution in [0.1, 0.15) is 24.1 Å². The zero-order valence-electron chi connectivity index (χ0n) is 19.5. The molecule has 7 nitrogen and oxygen atoms in total. The van der Waals surface area contributed by atoms with Crippen LogP contribution >= 0.6 is 0 Å². The highest BCUT2D eigenvalue weighted by atomic mass is 16.5. The van der Waals surface area contributed by atoms with Crippen LogP contribution < -0.4 is 20.1 Å². The molecular weight excluding hydrogens is 428 g/mol. The molecule has 4 aromatic rings. The van der Waals surface area contributed by atoms with Gasteiger partial charge in [-0.25, -0.2) is 4.98 Å². The molecule has 0 aliphatic carbocycles. The first kappa shape index (κ1) is 21.6. The van der Waals surface area contributed by atoms with E-state index in [4.69, 9.17) is 14.5 Å². The Morgan fingerprint density at radius 2 is 1.76 bits per heavy atom. The van der Waals surface area contributed by atoms with Gasteiger partial charge in [-0.05, 0) is 56.3 Å². The molecule has 0 bridgehead atoms. The number of amides is 1. The predicted molar refractivity (Wildman–Crippen MR) is 134 cm³/mol. The highest BCUT2D eigenvalue weighted by Gasteiger charge is 2.36. The molecule has 1 atom stereocenters. The molecule has 0 radical (unpaired) electrons. The topological polar surface area (TPSA) is 77.4 Å². The Bertz CT molecular complexity index is 1420. The van der Waals surface area contributed by atoms with Crippen LogP contribution in [-0.2, 0) is 4.79 Å². The normalized spacial score (nSPS) is 15.0. The molecule has 1 aliphatic heterocycles. The number of rotatable bonds is 5. The van der Waals surface area contributed by atoms with Gasteiger partial charge >= 0.3 is 0 Å². The summed E-state index contributed by atoms with van der Waals surface area (Å²) in [5.41, 5.74) is 5.71. The Labute approximate surface area is 198 Å². The van der Waals surface area contributed by atoms with Gasteiger partial charge in [0.25, 0.3) is 5.91 Å². The molecule has 0 saturated carbocycles. The second-order valence-electron chi connectivity index (χ2n) is 8.29. The van der Waals surface area contributed by atoms with Gasteiger partial charge in [0, 0.05) is 16.9 Å². The van der Waals surface area contributed by atoms with E-state index in [0.717, 1.165) is 33.5 Å². The Morgan fingerprint density at radius 3 is 2.50 bits per heavy atom. The number of nitrogens with one attached hydrogen (secondary N) is 2. The largest absolute Gasteiger partial charge is 0.497 e. The number of fused-ring (bicyclic) bond motifs is 3. The molecule has 172 valence electrons. The lowest BCUT2D eigenvalue weighted by Gasteiger charge is -2.31. The highest BCUT2D eigenvalue weighted by molar-refractivity contribution is 6.06. The number of carbonyl (C=O) groups is 1. The fourth-order valence-electron chi connectivity index (χ4n) is 4.44. The summed E-state index contributed by atoms with van der Waals surface area (Å²) in [6.07, 6.45) is 0. The van der Waals surface area contributed by atoms with Crippen molar-refractivity contribution in [3.63, 3.8) is 0 Å². The van der Waals surface area contributed by atoms with Crippen LogP contribution in [0.15, 0.2) is 78.0 Å². The number of para-hydroxylation sites is 2. The molecule has 0 unspecified atom stereocenters. The van der Waals surface area contributed by atoms with Gasteiger partial charge in [-0.2, -0.15) is 0 Å². The monoisotopic (exact) mass is 454 g/mol. The number of aromatic nitrogens is 2. The predicted octanol–water partition coefficient (Wildman–Crippen LogP) is 5.29. The summed E-state index contributed by atoms with van der Waals surface area (Å²) in [6.45, 7) is 3.91. The molecule has 0 fully saturated rings. The third-order valence-corrected chi connectivity index (χ3v) is 6.12. The second kappa shape index (κ2) is 8.59. The van der Waals surface area contributed by atoms with E-state index >= 15 is 0 Å². The molecule has 3 aromatic carbocycles. The lowest BCUT2D eigenvalue weighted by Crippen LogP contribution is -2.31. The molecule has 5 rings (SSSR count). The quantitative estimate of drug-likeness (QED) is 0.429. The Balaban J connectivity index is 1.71. The van der Waals surface area contributed by atoms with Gasteiger partial charge in [0.1, 0.15) is 11.5 Å². The summed E-state index contributed by atoms with van der Waals surface area (Å²) in [6, 6.07) is 20.8. The molecule has 1 amide bonds. The summed E-state index contributed by atoms with van der Waals surface area (Å²) in [4.78, 5) is 18.5. The smallest absolute Gasteiger partial charge is 0.255 e. The van der Waals surface area contributed by atoms with E-state index < -0.39 is 6.04 Å². The number of methoxy groups -OCH3 is 2. The van der Waals surface area contributed by atoms with Crippen molar-refractivity contribution in [3.05, 3.63) is 89.1 Å². The highest BCUT2D eigenvalue weighted by Crippen LogP contribution is 2.43. The molecule has 0 saturated heterocycles. The Kier molecular flexibility index (Phi) is 5.45. The van der Waals surface area contributed by atoms with Gasteiger partial charge in [0.15, 0.2) is 0 Å². The van der Waals surface area contributed by atoms with E-state index in [0.29, 0.717) is 23.0 Å². The maximum Gasteiger partial charge on any atom is 0.255 e. The maximum atomic E-state index is 13.8. The number of nitrogens with zero attached hydrogens (tertiary/aromatic N) is 2. The molecule has 1 aliphatic rings. The number of hydrogen-bond donors (Lipinski definition) is 2. The van der Waals surface area contributed by atoms with Crippen molar-refractivity contribution in [1.82, 2.24) is 9.55 Å². The van der Waals surface area contributed by atoms with Crippen LogP contribution in [0.3, 0.4) is 0 Å².